The molecule has 6 rings (SSSR count). The third-order valence-corrected chi connectivity index (χ3v) is 7.82. The first kappa shape index (κ1) is 24.7. The monoisotopic (exact) mass is 530 g/mol. The van der Waals surface area contributed by atoms with Gasteiger partial charge >= 0.3 is 0 Å². The van der Waals surface area contributed by atoms with Gasteiger partial charge in [0.15, 0.2) is 0 Å². The Morgan fingerprint density at radius 2 is 1.03 bits per heavy atom. The lowest BCUT2D eigenvalue weighted by Gasteiger charge is -2.19. The number of nitrogens with one attached hydrogen (secondary N) is 2. The zero-order valence-corrected chi connectivity index (χ0v) is 22.0. The van der Waals surface area contributed by atoms with Gasteiger partial charge in [-0.3, -0.25) is 4.55 Å². The van der Waals surface area contributed by atoms with Crippen LogP contribution in [-0.2, 0) is 10.1 Å². The van der Waals surface area contributed by atoms with Gasteiger partial charge in [0.25, 0.3) is 10.1 Å². The predicted octanol–water partition coefficient (Wildman–Crippen LogP) is 8.70. The first-order chi connectivity index (χ1) is 18.9. The molecule has 0 aliphatic rings. The van der Waals surface area contributed by atoms with Crippen molar-refractivity contribution in [3.05, 3.63) is 127 Å². The van der Waals surface area contributed by atoms with Gasteiger partial charge in [0.1, 0.15) is 4.90 Å². The molecular formula is C33H26N2O3S. The Hall–Kier alpha value is -4.65. The molecule has 0 fully saturated rings. The van der Waals surface area contributed by atoms with Crippen molar-refractivity contribution in [1.29, 1.82) is 0 Å². The average Bonchev–Trinajstić information content (AvgIpc) is 2.94. The summed E-state index contributed by atoms with van der Waals surface area (Å²) in [5, 5.41) is 10.2. The van der Waals surface area contributed by atoms with E-state index in [1.54, 1.807) is 6.07 Å². The molecule has 0 spiro atoms. The highest BCUT2D eigenvalue weighted by Gasteiger charge is 2.20. The van der Waals surface area contributed by atoms with Crippen molar-refractivity contribution >= 4 is 54.4 Å². The predicted molar refractivity (Wildman–Crippen MR) is 161 cm³/mol. The van der Waals surface area contributed by atoms with Gasteiger partial charge in [0, 0.05) is 33.5 Å². The molecule has 5 nitrogen and oxygen atoms in total. The van der Waals surface area contributed by atoms with Crippen LogP contribution in [0.4, 0.5) is 22.7 Å². The molecule has 0 aliphatic carbocycles. The normalized spacial score (nSPS) is 11.5. The molecule has 6 heteroatoms. The van der Waals surface area contributed by atoms with Gasteiger partial charge in [-0.25, -0.2) is 0 Å². The molecule has 0 amide bonds. The van der Waals surface area contributed by atoms with E-state index >= 15 is 0 Å². The van der Waals surface area contributed by atoms with E-state index in [0.717, 1.165) is 49.9 Å². The quantitative estimate of drug-likeness (QED) is 0.188. The van der Waals surface area contributed by atoms with Crippen LogP contribution in [0.3, 0.4) is 0 Å². The highest BCUT2D eigenvalue weighted by atomic mass is 32.2. The molecule has 192 valence electrons. The van der Waals surface area contributed by atoms with Crippen molar-refractivity contribution in [3.8, 4) is 11.1 Å². The second-order valence-corrected chi connectivity index (χ2v) is 10.8. The van der Waals surface area contributed by atoms with Crippen molar-refractivity contribution in [3.63, 3.8) is 0 Å². The van der Waals surface area contributed by atoms with E-state index in [1.807, 2.05) is 84.9 Å². The number of benzene rings is 6. The van der Waals surface area contributed by atoms with E-state index in [2.05, 4.69) is 41.8 Å². The number of hydrogen-bond acceptors (Lipinski definition) is 4. The second-order valence-electron chi connectivity index (χ2n) is 9.45. The number of fused-ring (bicyclic) bond motifs is 2. The van der Waals surface area contributed by atoms with Crippen molar-refractivity contribution in [2.75, 3.05) is 10.6 Å². The maximum Gasteiger partial charge on any atom is 0.295 e. The van der Waals surface area contributed by atoms with Crippen LogP contribution in [-0.4, -0.2) is 13.0 Å². The van der Waals surface area contributed by atoms with E-state index in [9.17, 15) is 13.0 Å². The molecule has 6 aromatic carbocycles. The number of rotatable bonds is 6. The zero-order chi connectivity index (χ0) is 27.0. The Kier molecular flexibility index (Phi) is 6.27. The minimum atomic E-state index is -4.48. The van der Waals surface area contributed by atoms with Crippen LogP contribution >= 0.6 is 0 Å². The average molecular weight is 531 g/mol. The molecule has 0 atom stereocenters. The van der Waals surface area contributed by atoms with Crippen LogP contribution in [0.5, 0.6) is 0 Å². The Bertz CT molecular complexity index is 1940. The topological polar surface area (TPSA) is 78.4 Å². The summed E-state index contributed by atoms with van der Waals surface area (Å²) in [7, 11) is -4.48. The van der Waals surface area contributed by atoms with Gasteiger partial charge in [-0.1, -0.05) is 78.9 Å². The van der Waals surface area contributed by atoms with Gasteiger partial charge in [-0.15, -0.1) is 0 Å². The highest BCUT2D eigenvalue weighted by molar-refractivity contribution is 7.86. The Labute approximate surface area is 227 Å². The summed E-state index contributed by atoms with van der Waals surface area (Å²) in [6.45, 7) is 2.09. The molecule has 0 saturated carbocycles. The van der Waals surface area contributed by atoms with Gasteiger partial charge < -0.3 is 10.6 Å². The lowest BCUT2D eigenvalue weighted by Crippen LogP contribution is -2.02. The molecule has 39 heavy (non-hydrogen) atoms. The van der Waals surface area contributed by atoms with E-state index in [0.29, 0.717) is 11.1 Å². The zero-order valence-electron chi connectivity index (χ0n) is 21.2. The SMILES string of the molecule is Cc1cccc2c(-c3ccc(Nc4ccccc4)c4c(S(=O)(=O)O)cccc34)ccc(Nc3ccccc3)c12. The summed E-state index contributed by atoms with van der Waals surface area (Å²) in [5.74, 6) is 0. The second kappa shape index (κ2) is 9.91. The van der Waals surface area contributed by atoms with E-state index in [1.165, 1.54) is 6.07 Å². The van der Waals surface area contributed by atoms with Crippen molar-refractivity contribution in [1.82, 2.24) is 0 Å². The molecule has 6 aromatic rings. The summed E-state index contributed by atoms with van der Waals surface area (Å²) in [4.78, 5) is -0.136. The fraction of sp³-hybridized carbons (Fsp3) is 0.0303. The summed E-state index contributed by atoms with van der Waals surface area (Å²) in [6.07, 6.45) is 0. The van der Waals surface area contributed by atoms with Gasteiger partial charge in [-0.2, -0.15) is 8.42 Å². The smallest absolute Gasteiger partial charge is 0.295 e. The number of hydrogen-bond donors (Lipinski definition) is 3. The summed E-state index contributed by atoms with van der Waals surface area (Å²) in [5.41, 5.74) is 6.35. The van der Waals surface area contributed by atoms with Crippen molar-refractivity contribution < 1.29 is 13.0 Å². The largest absolute Gasteiger partial charge is 0.355 e. The van der Waals surface area contributed by atoms with Crippen LogP contribution in [0, 0.1) is 6.92 Å². The Balaban J connectivity index is 1.60. The Morgan fingerprint density at radius 1 is 0.538 bits per heavy atom. The van der Waals surface area contributed by atoms with Crippen molar-refractivity contribution in [2.45, 2.75) is 11.8 Å². The van der Waals surface area contributed by atoms with E-state index < -0.39 is 10.1 Å². The summed E-state index contributed by atoms with van der Waals surface area (Å²) >= 11 is 0. The molecule has 0 saturated heterocycles. The van der Waals surface area contributed by atoms with Gasteiger partial charge in [0.2, 0.25) is 0 Å². The molecule has 0 radical (unpaired) electrons. The Morgan fingerprint density at radius 3 is 1.56 bits per heavy atom. The molecule has 0 heterocycles. The lowest BCUT2D eigenvalue weighted by molar-refractivity contribution is 0.484. The maximum atomic E-state index is 12.5. The maximum absolute atomic E-state index is 12.5. The first-order valence-corrected chi connectivity index (χ1v) is 14.0. The van der Waals surface area contributed by atoms with Gasteiger partial charge in [0.05, 0.1) is 0 Å². The standard InChI is InChI=1S/C33H26N2O3S/c1-22-10-8-15-27-25(18-20-29(32(22)27)34-23-11-4-2-5-12-23)26-19-21-30(35-24-13-6-3-7-14-24)33-28(26)16-9-17-31(33)39(36,37)38/h2-21,34-35H,1H3,(H,36,37,38). The highest BCUT2D eigenvalue weighted by Crippen LogP contribution is 2.42. The number of aryl methyl sites for hydroxylation is 1. The third kappa shape index (κ3) is 4.72. The fourth-order valence-electron chi connectivity index (χ4n) is 5.21. The number of para-hydroxylation sites is 2. The van der Waals surface area contributed by atoms with Crippen LogP contribution in [0.25, 0.3) is 32.7 Å². The summed E-state index contributed by atoms with van der Waals surface area (Å²) < 4.78 is 35.1. The molecule has 0 aliphatic heterocycles. The van der Waals surface area contributed by atoms with Crippen LogP contribution < -0.4 is 10.6 Å². The van der Waals surface area contributed by atoms with Crippen molar-refractivity contribution in [2.24, 2.45) is 0 Å². The van der Waals surface area contributed by atoms with Gasteiger partial charge in [-0.05, 0) is 76.9 Å². The lowest BCUT2D eigenvalue weighted by atomic mass is 9.91. The fourth-order valence-corrected chi connectivity index (χ4v) is 5.94. The number of anilines is 4. The third-order valence-electron chi connectivity index (χ3n) is 6.93. The van der Waals surface area contributed by atoms with E-state index in [4.69, 9.17) is 0 Å². The van der Waals surface area contributed by atoms with E-state index in [-0.39, 0.29) is 4.90 Å². The minimum absolute atomic E-state index is 0.136. The molecule has 3 N–H and O–H groups in total. The molecular weight excluding hydrogens is 504 g/mol. The minimum Gasteiger partial charge on any atom is -0.355 e. The molecule has 0 bridgehead atoms. The first-order valence-electron chi connectivity index (χ1n) is 12.6. The van der Waals surface area contributed by atoms with Crippen LogP contribution in [0.2, 0.25) is 0 Å². The van der Waals surface area contributed by atoms with Crippen LogP contribution in [0.1, 0.15) is 5.56 Å². The molecule has 0 aromatic heterocycles. The van der Waals surface area contributed by atoms with Crippen LogP contribution in [0.15, 0.2) is 126 Å². The molecule has 0 unspecified atom stereocenters. The summed E-state index contributed by atoms with van der Waals surface area (Å²) in [6, 6.07) is 38.8.